The van der Waals surface area contributed by atoms with Gasteiger partial charge in [-0.1, -0.05) is 48.0 Å². The topological polar surface area (TPSA) is 60.5 Å². The van der Waals surface area contributed by atoms with Crippen LogP contribution in [0.1, 0.15) is 16.8 Å². The number of carbonyl (C=O) groups excluding carboxylic acids is 1. The zero-order valence-electron chi connectivity index (χ0n) is 13.9. The van der Waals surface area contributed by atoms with Crippen molar-refractivity contribution in [3.05, 3.63) is 65.3 Å². The number of fused-ring (bicyclic) bond motifs is 1. The molecular formula is C20H17ClN2O3. The van der Waals surface area contributed by atoms with Gasteiger partial charge in [0.2, 0.25) is 5.88 Å². The van der Waals surface area contributed by atoms with Gasteiger partial charge in [-0.3, -0.25) is 4.79 Å². The van der Waals surface area contributed by atoms with Gasteiger partial charge in [-0.25, -0.2) is 4.98 Å². The third-order valence-corrected chi connectivity index (χ3v) is 4.54. The lowest BCUT2D eigenvalue weighted by molar-refractivity contribution is 0.102. The van der Waals surface area contributed by atoms with Gasteiger partial charge in [0.25, 0.3) is 5.91 Å². The highest BCUT2D eigenvalue weighted by Crippen LogP contribution is 2.27. The van der Waals surface area contributed by atoms with E-state index in [9.17, 15) is 4.79 Å². The average Bonchev–Trinajstić information content (AvgIpc) is 3.17. The molecule has 1 amide bonds. The zero-order chi connectivity index (χ0) is 17.9. The van der Waals surface area contributed by atoms with Gasteiger partial charge in [0.05, 0.1) is 18.8 Å². The summed E-state index contributed by atoms with van der Waals surface area (Å²) in [7, 11) is 0. The highest BCUT2D eigenvalue weighted by Gasteiger charge is 2.20. The predicted octanol–water partition coefficient (Wildman–Crippen LogP) is 4.31. The maximum atomic E-state index is 12.6. The summed E-state index contributed by atoms with van der Waals surface area (Å²) >= 11 is 6.24. The number of ether oxygens (including phenoxy) is 2. The van der Waals surface area contributed by atoms with Crippen molar-refractivity contribution in [2.24, 2.45) is 0 Å². The van der Waals surface area contributed by atoms with E-state index in [0.717, 1.165) is 22.9 Å². The Bertz CT molecular complexity index is 949. The number of halogens is 1. The molecule has 1 aliphatic heterocycles. The molecule has 1 atom stereocenters. The quantitative estimate of drug-likeness (QED) is 0.745. The van der Waals surface area contributed by atoms with Gasteiger partial charge in [0.1, 0.15) is 11.1 Å². The largest absolute Gasteiger partial charge is 0.471 e. The van der Waals surface area contributed by atoms with Crippen LogP contribution in [0.15, 0.2) is 54.7 Å². The summed E-state index contributed by atoms with van der Waals surface area (Å²) in [6.45, 7) is 1.20. The Balaban J connectivity index is 1.53. The number of carbonyl (C=O) groups is 1. The number of benzene rings is 2. The van der Waals surface area contributed by atoms with E-state index in [1.807, 2.05) is 42.5 Å². The minimum Gasteiger partial charge on any atom is -0.471 e. The molecule has 5 nitrogen and oxygen atoms in total. The van der Waals surface area contributed by atoms with E-state index in [2.05, 4.69) is 10.3 Å². The molecule has 132 valence electrons. The summed E-state index contributed by atoms with van der Waals surface area (Å²) < 4.78 is 11.0. The fourth-order valence-corrected chi connectivity index (χ4v) is 3.14. The summed E-state index contributed by atoms with van der Waals surface area (Å²) in [4.78, 5) is 16.8. The molecule has 0 radical (unpaired) electrons. The molecule has 2 heterocycles. The first-order chi connectivity index (χ1) is 12.7. The highest BCUT2D eigenvalue weighted by molar-refractivity contribution is 6.32. The number of pyridine rings is 1. The summed E-state index contributed by atoms with van der Waals surface area (Å²) in [5.41, 5.74) is 1.12. The molecule has 4 rings (SSSR count). The Morgan fingerprint density at radius 2 is 2.08 bits per heavy atom. The fourth-order valence-electron chi connectivity index (χ4n) is 2.93. The first kappa shape index (κ1) is 16.8. The number of rotatable bonds is 4. The van der Waals surface area contributed by atoms with Crippen LogP contribution in [0.5, 0.6) is 5.88 Å². The number of amides is 1. The van der Waals surface area contributed by atoms with Crippen molar-refractivity contribution < 1.29 is 14.3 Å². The van der Waals surface area contributed by atoms with E-state index in [0.29, 0.717) is 29.7 Å². The first-order valence-electron chi connectivity index (χ1n) is 8.40. The van der Waals surface area contributed by atoms with Gasteiger partial charge >= 0.3 is 0 Å². The lowest BCUT2D eigenvalue weighted by Gasteiger charge is -2.13. The normalized spacial score (nSPS) is 16.6. The van der Waals surface area contributed by atoms with Gasteiger partial charge in [0.15, 0.2) is 0 Å². The van der Waals surface area contributed by atoms with Crippen LogP contribution in [-0.4, -0.2) is 30.2 Å². The average molecular weight is 369 g/mol. The molecule has 1 fully saturated rings. The summed E-state index contributed by atoms with van der Waals surface area (Å²) in [5.74, 6) is 0.0513. The fraction of sp³-hybridized carbons (Fsp3) is 0.200. The maximum absolute atomic E-state index is 12.6. The van der Waals surface area contributed by atoms with Crippen LogP contribution in [-0.2, 0) is 4.74 Å². The molecule has 0 saturated carbocycles. The third kappa shape index (κ3) is 3.49. The summed E-state index contributed by atoms with van der Waals surface area (Å²) in [6, 6.07) is 15.2. The van der Waals surface area contributed by atoms with Crippen molar-refractivity contribution in [1.82, 2.24) is 4.98 Å². The second-order valence-corrected chi connectivity index (χ2v) is 6.50. The molecule has 1 saturated heterocycles. The van der Waals surface area contributed by atoms with Crippen molar-refractivity contribution in [3.8, 4) is 5.88 Å². The second-order valence-electron chi connectivity index (χ2n) is 6.10. The van der Waals surface area contributed by atoms with E-state index in [1.54, 1.807) is 6.07 Å². The number of aromatic nitrogens is 1. The Hall–Kier alpha value is -2.63. The number of anilines is 1. The van der Waals surface area contributed by atoms with E-state index >= 15 is 0 Å². The maximum Gasteiger partial charge on any atom is 0.257 e. The van der Waals surface area contributed by atoms with Crippen LogP contribution in [0.3, 0.4) is 0 Å². The Kier molecular flexibility index (Phi) is 4.73. The van der Waals surface area contributed by atoms with Gasteiger partial charge in [-0.05, 0) is 17.5 Å². The predicted molar refractivity (Wildman–Crippen MR) is 101 cm³/mol. The molecule has 1 aromatic heterocycles. The van der Waals surface area contributed by atoms with Gasteiger partial charge in [-0.15, -0.1) is 0 Å². The van der Waals surface area contributed by atoms with E-state index in [4.69, 9.17) is 21.1 Å². The number of nitrogens with zero attached hydrogens (tertiary/aromatic N) is 1. The van der Waals surface area contributed by atoms with Crippen molar-refractivity contribution in [3.63, 3.8) is 0 Å². The van der Waals surface area contributed by atoms with Crippen molar-refractivity contribution in [2.45, 2.75) is 12.5 Å². The minimum atomic E-state index is -0.272. The summed E-state index contributed by atoms with van der Waals surface area (Å²) in [5, 5.41) is 5.27. The Morgan fingerprint density at radius 3 is 2.88 bits per heavy atom. The SMILES string of the molecule is O=C(Nc1cccc2ccccc12)c1cnc(OC2CCOC2)c(Cl)c1. The zero-order valence-corrected chi connectivity index (χ0v) is 14.7. The van der Waals surface area contributed by atoms with E-state index in [-0.39, 0.29) is 12.0 Å². The van der Waals surface area contributed by atoms with Crippen LogP contribution in [0, 0.1) is 0 Å². The van der Waals surface area contributed by atoms with Crippen LogP contribution < -0.4 is 10.1 Å². The standard InChI is InChI=1S/C20H17ClN2O3/c21-17-10-14(11-22-20(17)26-15-8-9-25-12-15)19(24)23-18-7-3-5-13-4-1-2-6-16(13)18/h1-7,10-11,15H,8-9,12H2,(H,23,24). The molecule has 1 unspecified atom stereocenters. The molecule has 2 aromatic carbocycles. The van der Waals surface area contributed by atoms with Crippen LogP contribution in [0.4, 0.5) is 5.69 Å². The molecule has 1 aliphatic rings. The molecule has 26 heavy (non-hydrogen) atoms. The van der Waals surface area contributed by atoms with E-state index in [1.165, 1.54) is 6.20 Å². The van der Waals surface area contributed by atoms with Crippen LogP contribution in [0.2, 0.25) is 5.02 Å². The Morgan fingerprint density at radius 1 is 1.23 bits per heavy atom. The molecule has 6 heteroatoms. The molecule has 0 spiro atoms. The van der Waals surface area contributed by atoms with Gasteiger partial charge < -0.3 is 14.8 Å². The second kappa shape index (κ2) is 7.32. The smallest absolute Gasteiger partial charge is 0.257 e. The molecule has 0 bridgehead atoms. The lowest BCUT2D eigenvalue weighted by Crippen LogP contribution is -2.17. The lowest BCUT2D eigenvalue weighted by atomic mass is 10.1. The molecule has 0 aliphatic carbocycles. The molecule has 3 aromatic rings. The Labute approximate surface area is 155 Å². The van der Waals surface area contributed by atoms with Crippen LogP contribution in [0.25, 0.3) is 10.8 Å². The van der Waals surface area contributed by atoms with Gasteiger partial charge in [-0.2, -0.15) is 0 Å². The van der Waals surface area contributed by atoms with Gasteiger partial charge in [0, 0.05) is 23.7 Å². The number of hydrogen-bond donors (Lipinski definition) is 1. The summed E-state index contributed by atoms with van der Waals surface area (Å²) in [6.07, 6.45) is 2.23. The minimum absolute atomic E-state index is 0.0460. The number of nitrogens with one attached hydrogen (secondary N) is 1. The highest BCUT2D eigenvalue weighted by atomic mass is 35.5. The van der Waals surface area contributed by atoms with Crippen LogP contribution >= 0.6 is 11.6 Å². The van der Waals surface area contributed by atoms with Crippen molar-refractivity contribution in [2.75, 3.05) is 18.5 Å². The third-order valence-electron chi connectivity index (χ3n) is 4.27. The molecule has 1 N–H and O–H groups in total. The molecular weight excluding hydrogens is 352 g/mol. The number of hydrogen-bond acceptors (Lipinski definition) is 4. The van der Waals surface area contributed by atoms with E-state index < -0.39 is 0 Å². The first-order valence-corrected chi connectivity index (χ1v) is 8.77. The van der Waals surface area contributed by atoms with Crippen molar-refractivity contribution >= 4 is 34.0 Å². The van der Waals surface area contributed by atoms with Crippen molar-refractivity contribution in [1.29, 1.82) is 0 Å². The monoisotopic (exact) mass is 368 g/mol.